The fraction of sp³-hybridized carbons (Fsp3) is 0.944. The lowest BCUT2D eigenvalue weighted by molar-refractivity contribution is -0.125. The number of hydrogen-bond acceptors (Lipinski definition) is 4. The molecule has 0 aromatic rings. The average molecular weight is 323 g/mol. The second-order valence-corrected chi connectivity index (χ2v) is 8.56. The van der Waals surface area contributed by atoms with Gasteiger partial charge in [-0.2, -0.15) is 0 Å². The standard InChI is InChI=1S/C18H33N3O2/c1-13-10-21(11-14(2)23-13)17(3,4)12-20-16(22)15-9-18(15)5-7-19-8-6-18/h13-15,19H,5-12H2,1-4H3,(H,20,22). The van der Waals surface area contributed by atoms with Crippen molar-refractivity contribution in [2.24, 2.45) is 11.3 Å². The van der Waals surface area contributed by atoms with Crippen molar-refractivity contribution in [3.63, 3.8) is 0 Å². The maximum absolute atomic E-state index is 12.6. The highest BCUT2D eigenvalue weighted by Gasteiger charge is 2.57. The number of carbonyl (C=O) groups excluding carboxylic acids is 1. The summed E-state index contributed by atoms with van der Waals surface area (Å²) >= 11 is 0. The first-order chi connectivity index (χ1) is 10.8. The molecule has 3 rings (SSSR count). The maximum atomic E-state index is 12.6. The van der Waals surface area contributed by atoms with Crippen molar-refractivity contribution in [2.45, 2.75) is 64.7 Å². The molecule has 2 saturated heterocycles. The van der Waals surface area contributed by atoms with E-state index in [0.717, 1.165) is 52.0 Å². The Bertz CT molecular complexity index is 436. The lowest BCUT2D eigenvalue weighted by atomic mass is 9.91. The third-order valence-electron chi connectivity index (χ3n) is 6.08. The van der Waals surface area contributed by atoms with Crippen LogP contribution in [0.15, 0.2) is 0 Å². The van der Waals surface area contributed by atoms with E-state index in [1.165, 1.54) is 0 Å². The van der Waals surface area contributed by atoms with Crippen LogP contribution in [0.3, 0.4) is 0 Å². The fourth-order valence-electron chi connectivity index (χ4n) is 4.41. The smallest absolute Gasteiger partial charge is 0.223 e. The number of rotatable bonds is 4. The summed E-state index contributed by atoms with van der Waals surface area (Å²) in [5.74, 6) is 0.525. The van der Waals surface area contributed by atoms with E-state index in [0.29, 0.717) is 5.41 Å². The van der Waals surface area contributed by atoms with E-state index >= 15 is 0 Å². The summed E-state index contributed by atoms with van der Waals surface area (Å²) in [6, 6.07) is 0. The summed E-state index contributed by atoms with van der Waals surface area (Å²) in [7, 11) is 0. The molecular formula is C18H33N3O2. The minimum Gasteiger partial charge on any atom is -0.373 e. The second-order valence-electron chi connectivity index (χ2n) is 8.56. The van der Waals surface area contributed by atoms with Crippen molar-refractivity contribution in [2.75, 3.05) is 32.7 Å². The SMILES string of the molecule is CC1CN(C(C)(C)CNC(=O)C2CC23CCNCC3)CC(C)O1. The lowest BCUT2D eigenvalue weighted by Crippen LogP contribution is -2.58. The minimum absolute atomic E-state index is 0.0296. The predicted octanol–water partition coefficient (Wildman–Crippen LogP) is 1.38. The van der Waals surface area contributed by atoms with Crippen LogP contribution < -0.4 is 10.6 Å². The number of hydrogen-bond donors (Lipinski definition) is 2. The van der Waals surface area contributed by atoms with Crippen molar-refractivity contribution in [1.29, 1.82) is 0 Å². The van der Waals surface area contributed by atoms with E-state index in [-0.39, 0.29) is 29.6 Å². The van der Waals surface area contributed by atoms with Gasteiger partial charge in [-0.3, -0.25) is 9.69 Å². The maximum Gasteiger partial charge on any atom is 0.223 e. The van der Waals surface area contributed by atoms with Crippen molar-refractivity contribution >= 4 is 5.91 Å². The monoisotopic (exact) mass is 323 g/mol. The minimum atomic E-state index is -0.0296. The lowest BCUT2D eigenvalue weighted by Gasteiger charge is -2.45. The quantitative estimate of drug-likeness (QED) is 0.821. The van der Waals surface area contributed by atoms with E-state index < -0.39 is 0 Å². The van der Waals surface area contributed by atoms with Gasteiger partial charge < -0.3 is 15.4 Å². The van der Waals surface area contributed by atoms with Gasteiger partial charge in [-0.05, 0) is 65.5 Å². The number of ether oxygens (including phenoxy) is 1. The number of nitrogens with one attached hydrogen (secondary N) is 2. The Hall–Kier alpha value is -0.650. The summed E-state index contributed by atoms with van der Waals surface area (Å²) in [6.07, 6.45) is 3.93. The Morgan fingerprint density at radius 2 is 1.87 bits per heavy atom. The molecule has 2 N–H and O–H groups in total. The van der Waals surface area contributed by atoms with Crippen LogP contribution in [0.5, 0.6) is 0 Å². The van der Waals surface area contributed by atoms with Crippen LogP contribution in [0.25, 0.3) is 0 Å². The molecule has 2 aliphatic heterocycles. The predicted molar refractivity (Wildman–Crippen MR) is 91.3 cm³/mol. The normalized spacial score (nSPS) is 34.3. The molecule has 1 spiro atoms. The zero-order valence-electron chi connectivity index (χ0n) is 15.2. The average Bonchev–Trinajstić information content (AvgIpc) is 3.18. The molecule has 0 bridgehead atoms. The van der Waals surface area contributed by atoms with Crippen molar-refractivity contribution in [3.8, 4) is 0 Å². The Labute approximate surface area is 140 Å². The molecule has 3 atom stereocenters. The van der Waals surface area contributed by atoms with Gasteiger partial charge in [0.2, 0.25) is 5.91 Å². The molecule has 5 heteroatoms. The number of piperidine rings is 1. The molecular weight excluding hydrogens is 290 g/mol. The molecule has 3 aliphatic rings. The van der Waals surface area contributed by atoms with Gasteiger partial charge in [0.15, 0.2) is 0 Å². The van der Waals surface area contributed by atoms with Gasteiger partial charge in [0.25, 0.3) is 0 Å². The number of nitrogens with zero attached hydrogens (tertiary/aromatic N) is 1. The molecule has 1 amide bonds. The highest BCUT2D eigenvalue weighted by molar-refractivity contribution is 5.82. The van der Waals surface area contributed by atoms with Crippen LogP contribution in [0.1, 0.15) is 47.0 Å². The Morgan fingerprint density at radius 1 is 1.26 bits per heavy atom. The van der Waals surface area contributed by atoms with Crippen molar-refractivity contribution in [1.82, 2.24) is 15.5 Å². The third kappa shape index (κ3) is 3.72. The zero-order chi connectivity index (χ0) is 16.7. The largest absolute Gasteiger partial charge is 0.373 e. The molecule has 1 aliphatic carbocycles. The van der Waals surface area contributed by atoms with Crippen molar-refractivity contribution < 1.29 is 9.53 Å². The summed E-state index contributed by atoms with van der Waals surface area (Å²) in [5.41, 5.74) is 0.291. The molecule has 3 unspecified atom stereocenters. The van der Waals surface area contributed by atoms with E-state index in [9.17, 15) is 4.79 Å². The number of carbonyl (C=O) groups is 1. The van der Waals surface area contributed by atoms with Crippen molar-refractivity contribution in [3.05, 3.63) is 0 Å². The third-order valence-corrected chi connectivity index (χ3v) is 6.08. The van der Waals surface area contributed by atoms with Gasteiger partial charge in [0, 0.05) is 31.1 Å². The molecule has 0 aromatic heterocycles. The second kappa shape index (κ2) is 6.34. The Balaban J connectivity index is 1.50. The summed E-state index contributed by atoms with van der Waals surface area (Å²) < 4.78 is 5.83. The van der Waals surface area contributed by atoms with E-state index in [4.69, 9.17) is 4.74 Å². The van der Waals surface area contributed by atoms with Crippen LogP contribution >= 0.6 is 0 Å². The van der Waals surface area contributed by atoms with Crippen LogP contribution in [0.2, 0.25) is 0 Å². The highest BCUT2D eigenvalue weighted by atomic mass is 16.5. The van der Waals surface area contributed by atoms with Gasteiger partial charge in [-0.25, -0.2) is 0 Å². The molecule has 5 nitrogen and oxygen atoms in total. The van der Waals surface area contributed by atoms with Crippen LogP contribution in [0, 0.1) is 11.3 Å². The Morgan fingerprint density at radius 3 is 2.48 bits per heavy atom. The van der Waals surface area contributed by atoms with E-state index in [1.54, 1.807) is 0 Å². The number of morpholine rings is 1. The van der Waals surface area contributed by atoms with Gasteiger partial charge >= 0.3 is 0 Å². The van der Waals surface area contributed by atoms with Crippen LogP contribution in [0.4, 0.5) is 0 Å². The molecule has 0 aromatic carbocycles. The highest BCUT2D eigenvalue weighted by Crippen LogP contribution is 2.58. The Kier molecular flexibility index (Phi) is 4.73. The van der Waals surface area contributed by atoms with Gasteiger partial charge in [0.1, 0.15) is 0 Å². The first-order valence-electron chi connectivity index (χ1n) is 9.21. The summed E-state index contributed by atoms with van der Waals surface area (Å²) in [6.45, 7) is 13.4. The molecule has 132 valence electrons. The molecule has 0 radical (unpaired) electrons. The topological polar surface area (TPSA) is 53.6 Å². The van der Waals surface area contributed by atoms with Gasteiger partial charge in [0.05, 0.1) is 12.2 Å². The first kappa shape index (κ1) is 17.2. The summed E-state index contributed by atoms with van der Waals surface area (Å²) in [5, 5.41) is 6.64. The van der Waals surface area contributed by atoms with Crippen LogP contribution in [-0.2, 0) is 9.53 Å². The molecule has 1 saturated carbocycles. The van der Waals surface area contributed by atoms with Crippen LogP contribution in [-0.4, -0.2) is 61.3 Å². The number of amides is 1. The van der Waals surface area contributed by atoms with E-state index in [2.05, 4.69) is 43.2 Å². The summed E-state index contributed by atoms with van der Waals surface area (Å²) in [4.78, 5) is 15.0. The first-order valence-corrected chi connectivity index (χ1v) is 9.21. The molecule has 2 heterocycles. The fourth-order valence-corrected chi connectivity index (χ4v) is 4.41. The van der Waals surface area contributed by atoms with E-state index in [1.807, 2.05) is 0 Å². The van der Waals surface area contributed by atoms with Gasteiger partial charge in [-0.15, -0.1) is 0 Å². The van der Waals surface area contributed by atoms with Gasteiger partial charge in [-0.1, -0.05) is 0 Å². The molecule has 3 fully saturated rings. The zero-order valence-corrected chi connectivity index (χ0v) is 15.2. The molecule has 23 heavy (non-hydrogen) atoms.